The minimum atomic E-state index is -0.646. The molecule has 0 aliphatic heterocycles. The number of ether oxygens (including phenoxy) is 2. The third-order valence-corrected chi connectivity index (χ3v) is 6.07. The van der Waals surface area contributed by atoms with E-state index in [1.807, 2.05) is 104 Å². The Balaban J connectivity index is 1.27. The topological polar surface area (TPSA) is 76.7 Å². The van der Waals surface area contributed by atoms with Gasteiger partial charge in [0.25, 0.3) is 0 Å². The van der Waals surface area contributed by atoms with Gasteiger partial charge in [0.1, 0.15) is 11.5 Å². The van der Waals surface area contributed by atoms with Crippen LogP contribution in [0.5, 0.6) is 11.5 Å². The van der Waals surface area contributed by atoms with Crippen LogP contribution in [0, 0.1) is 6.92 Å². The number of amides is 2. The van der Waals surface area contributed by atoms with Gasteiger partial charge in [0.05, 0.1) is 0 Å². The summed E-state index contributed by atoms with van der Waals surface area (Å²) in [5.74, 6) is 0.876. The van der Waals surface area contributed by atoms with E-state index in [1.54, 1.807) is 30.3 Å². The van der Waals surface area contributed by atoms with Crippen LogP contribution in [-0.2, 0) is 0 Å². The Hall–Kier alpha value is -5.36. The molecule has 6 heteroatoms. The number of hydrogen-bond acceptors (Lipinski definition) is 4. The lowest BCUT2D eigenvalue weighted by Gasteiger charge is -2.14. The van der Waals surface area contributed by atoms with E-state index in [0.717, 1.165) is 27.8 Å². The summed E-state index contributed by atoms with van der Waals surface area (Å²) in [6, 6.07) is 39.3. The van der Waals surface area contributed by atoms with Crippen LogP contribution in [0.15, 0.2) is 127 Å². The summed E-state index contributed by atoms with van der Waals surface area (Å²) in [4.78, 5) is 25.6. The van der Waals surface area contributed by atoms with Gasteiger partial charge < -0.3 is 9.47 Å². The summed E-state index contributed by atoms with van der Waals surface area (Å²) in [5.41, 5.74) is 5.25. The van der Waals surface area contributed by atoms with Crippen LogP contribution in [0.3, 0.4) is 0 Å². The second kappa shape index (κ2) is 11.8. The first-order valence-corrected chi connectivity index (χ1v) is 12.4. The molecule has 0 aliphatic carbocycles. The molecule has 0 aliphatic rings. The lowest BCUT2D eigenvalue weighted by atomic mass is 10.1. The summed E-state index contributed by atoms with van der Waals surface area (Å²) in [6.45, 7) is 1.85. The molecule has 0 unspecified atom stereocenters. The highest BCUT2D eigenvalue weighted by atomic mass is 16.6. The molecule has 0 radical (unpaired) electrons. The molecule has 6 nitrogen and oxygen atoms in total. The Bertz CT molecular complexity index is 1600. The van der Waals surface area contributed by atoms with Crippen molar-refractivity contribution in [3.63, 3.8) is 0 Å². The summed E-state index contributed by atoms with van der Waals surface area (Å²) < 4.78 is 11.3. The molecule has 0 atom stereocenters. The van der Waals surface area contributed by atoms with E-state index >= 15 is 0 Å². The summed E-state index contributed by atoms with van der Waals surface area (Å²) in [7, 11) is 0. The van der Waals surface area contributed by atoms with Gasteiger partial charge in [-0.25, -0.2) is 9.59 Å². The maximum absolute atomic E-state index is 12.8. The Kier molecular flexibility index (Phi) is 7.65. The van der Waals surface area contributed by atoms with Crippen molar-refractivity contribution in [1.82, 2.24) is 0 Å². The molecule has 0 heterocycles. The van der Waals surface area contributed by atoms with Gasteiger partial charge in [0, 0.05) is 22.5 Å². The summed E-state index contributed by atoms with van der Waals surface area (Å²) in [5, 5.41) is 5.52. The molecule has 0 saturated carbocycles. The van der Waals surface area contributed by atoms with Gasteiger partial charge in [-0.1, -0.05) is 103 Å². The molecule has 0 saturated heterocycles. The van der Waals surface area contributed by atoms with Crippen LogP contribution in [0.2, 0.25) is 0 Å². The highest BCUT2D eigenvalue weighted by molar-refractivity contribution is 5.92. The van der Waals surface area contributed by atoms with Gasteiger partial charge in [0.15, 0.2) is 0 Å². The lowest BCUT2D eigenvalue weighted by molar-refractivity contribution is 0.214. The van der Waals surface area contributed by atoms with E-state index in [1.165, 1.54) is 0 Å². The minimum absolute atomic E-state index is 0.437. The first-order chi connectivity index (χ1) is 19.1. The fourth-order valence-electron chi connectivity index (χ4n) is 4.14. The van der Waals surface area contributed by atoms with Crippen molar-refractivity contribution < 1.29 is 19.1 Å². The van der Waals surface area contributed by atoms with Gasteiger partial charge in [-0.2, -0.15) is 0 Å². The van der Waals surface area contributed by atoms with Gasteiger partial charge in [-0.05, 0) is 47.9 Å². The molecule has 39 heavy (non-hydrogen) atoms. The van der Waals surface area contributed by atoms with Crippen LogP contribution < -0.4 is 20.1 Å². The quantitative estimate of drug-likeness (QED) is 0.238. The third kappa shape index (κ3) is 6.32. The number of hydrogen-bond donors (Lipinski definition) is 2. The number of nitrogens with one attached hydrogen (secondary N) is 2. The van der Waals surface area contributed by atoms with Gasteiger partial charge in [0.2, 0.25) is 0 Å². The fourth-order valence-corrected chi connectivity index (χ4v) is 4.14. The summed E-state index contributed by atoms with van der Waals surface area (Å²) >= 11 is 0. The fraction of sp³-hybridized carbons (Fsp3) is 0.0303. The second-order valence-electron chi connectivity index (χ2n) is 8.78. The van der Waals surface area contributed by atoms with Crippen molar-refractivity contribution in [2.24, 2.45) is 0 Å². The standard InChI is InChI=1S/C33H26N2O4/c1-23-20-21-26(34-32(36)38-30-18-10-8-16-27(30)24-12-4-2-5-13-24)22-29(23)35-33(37)39-31-19-11-9-17-28(31)25-14-6-3-7-15-25/h2-22H,1H3,(H,34,36)(H,35,37). The number of benzene rings is 5. The molecule has 5 aromatic rings. The summed E-state index contributed by atoms with van der Waals surface area (Å²) in [6.07, 6.45) is -1.29. The Morgan fingerprint density at radius 2 is 1.00 bits per heavy atom. The van der Waals surface area contributed by atoms with Crippen LogP contribution in [0.1, 0.15) is 5.56 Å². The number of para-hydroxylation sites is 2. The second-order valence-corrected chi connectivity index (χ2v) is 8.78. The van der Waals surface area contributed by atoms with Gasteiger partial charge >= 0.3 is 12.2 Å². The largest absolute Gasteiger partial charge is 0.417 e. The zero-order chi connectivity index (χ0) is 27.0. The van der Waals surface area contributed by atoms with Crippen molar-refractivity contribution in [2.75, 3.05) is 10.6 Å². The maximum atomic E-state index is 12.8. The number of aryl methyl sites for hydroxylation is 1. The van der Waals surface area contributed by atoms with Crippen LogP contribution in [0.4, 0.5) is 21.0 Å². The van der Waals surface area contributed by atoms with E-state index in [2.05, 4.69) is 10.6 Å². The SMILES string of the molecule is Cc1ccc(NC(=O)Oc2ccccc2-c2ccccc2)cc1NC(=O)Oc1ccccc1-c1ccccc1. The number of carbonyl (C=O) groups is 2. The zero-order valence-corrected chi connectivity index (χ0v) is 21.3. The van der Waals surface area contributed by atoms with Crippen molar-refractivity contribution in [3.05, 3.63) is 133 Å². The number of anilines is 2. The molecular weight excluding hydrogens is 488 g/mol. The molecule has 2 amide bonds. The molecule has 0 bridgehead atoms. The first kappa shape index (κ1) is 25.3. The predicted octanol–water partition coefficient (Wildman–Crippen LogP) is 8.55. The normalized spacial score (nSPS) is 10.4. The Labute approximate surface area is 226 Å². The Morgan fingerprint density at radius 1 is 0.538 bits per heavy atom. The van der Waals surface area contributed by atoms with E-state index in [0.29, 0.717) is 22.9 Å². The third-order valence-electron chi connectivity index (χ3n) is 6.07. The van der Waals surface area contributed by atoms with E-state index in [4.69, 9.17) is 9.47 Å². The number of rotatable bonds is 6. The molecule has 192 valence electrons. The zero-order valence-electron chi connectivity index (χ0n) is 21.3. The van der Waals surface area contributed by atoms with Crippen molar-refractivity contribution in [2.45, 2.75) is 6.92 Å². The molecular formula is C33H26N2O4. The monoisotopic (exact) mass is 514 g/mol. The molecule has 5 aromatic carbocycles. The van der Waals surface area contributed by atoms with Gasteiger partial charge in [-0.15, -0.1) is 0 Å². The molecule has 2 N–H and O–H groups in total. The predicted molar refractivity (Wildman–Crippen MR) is 154 cm³/mol. The van der Waals surface area contributed by atoms with Crippen LogP contribution in [-0.4, -0.2) is 12.2 Å². The van der Waals surface area contributed by atoms with Crippen LogP contribution in [0.25, 0.3) is 22.3 Å². The molecule has 0 aromatic heterocycles. The lowest BCUT2D eigenvalue weighted by Crippen LogP contribution is -2.19. The van der Waals surface area contributed by atoms with Crippen molar-refractivity contribution in [3.8, 4) is 33.8 Å². The highest BCUT2D eigenvalue weighted by Crippen LogP contribution is 2.31. The van der Waals surface area contributed by atoms with Crippen molar-refractivity contribution >= 4 is 23.6 Å². The molecule has 5 rings (SSSR count). The first-order valence-electron chi connectivity index (χ1n) is 12.4. The Morgan fingerprint density at radius 3 is 1.54 bits per heavy atom. The smallest absolute Gasteiger partial charge is 0.409 e. The van der Waals surface area contributed by atoms with Crippen molar-refractivity contribution in [1.29, 1.82) is 0 Å². The highest BCUT2D eigenvalue weighted by Gasteiger charge is 2.14. The molecule has 0 fully saturated rings. The average Bonchev–Trinajstić information content (AvgIpc) is 2.96. The maximum Gasteiger partial charge on any atom is 0.417 e. The minimum Gasteiger partial charge on any atom is -0.409 e. The average molecular weight is 515 g/mol. The van der Waals surface area contributed by atoms with Crippen LogP contribution >= 0.6 is 0 Å². The van der Waals surface area contributed by atoms with E-state index in [9.17, 15) is 9.59 Å². The molecule has 0 spiro atoms. The van der Waals surface area contributed by atoms with E-state index < -0.39 is 12.2 Å². The van der Waals surface area contributed by atoms with E-state index in [-0.39, 0.29) is 0 Å². The van der Waals surface area contributed by atoms with Gasteiger partial charge in [-0.3, -0.25) is 10.6 Å². The number of carbonyl (C=O) groups excluding carboxylic acids is 2.